The van der Waals surface area contributed by atoms with Crippen LogP contribution in [-0.2, 0) is 4.79 Å². The summed E-state index contributed by atoms with van der Waals surface area (Å²) >= 11 is 1.04. The van der Waals surface area contributed by atoms with Crippen LogP contribution >= 0.6 is 11.8 Å². The number of rotatable bonds is 5. The van der Waals surface area contributed by atoms with E-state index in [4.69, 9.17) is 15.3 Å². The number of aromatic nitrogens is 3. The van der Waals surface area contributed by atoms with Crippen molar-refractivity contribution in [3.05, 3.63) is 39.8 Å². The Morgan fingerprint density at radius 2 is 2.16 bits per heavy atom. The fourth-order valence-electron chi connectivity index (χ4n) is 2.25. The standard InChI is InChI=1S/C15H17N5O4S/c1-8(10-3-4-11-12(5-10)24-7-23-11)17-13(21)6-25-15-19-18-9(2)14(22)20(15)16/h3-5,8H,6-7,16H2,1-2H3,(H,17,21)/t8-/m0/s1. The van der Waals surface area contributed by atoms with Crippen molar-refractivity contribution >= 4 is 17.7 Å². The van der Waals surface area contributed by atoms with Gasteiger partial charge in [-0.3, -0.25) is 9.59 Å². The van der Waals surface area contributed by atoms with Crippen LogP contribution in [0.4, 0.5) is 0 Å². The highest BCUT2D eigenvalue weighted by Gasteiger charge is 2.17. The number of benzene rings is 1. The quantitative estimate of drug-likeness (QED) is 0.577. The minimum Gasteiger partial charge on any atom is -0.454 e. The predicted molar refractivity (Wildman–Crippen MR) is 91.0 cm³/mol. The van der Waals surface area contributed by atoms with E-state index in [1.165, 1.54) is 6.92 Å². The van der Waals surface area contributed by atoms with Gasteiger partial charge in [0.05, 0.1) is 11.8 Å². The molecule has 10 heteroatoms. The monoisotopic (exact) mass is 363 g/mol. The van der Waals surface area contributed by atoms with E-state index in [2.05, 4.69) is 15.5 Å². The molecule has 132 valence electrons. The number of fused-ring (bicyclic) bond motifs is 1. The first kappa shape index (κ1) is 17.1. The van der Waals surface area contributed by atoms with Crippen LogP contribution in [0.3, 0.4) is 0 Å². The lowest BCUT2D eigenvalue weighted by atomic mass is 10.1. The summed E-state index contributed by atoms with van der Waals surface area (Å²) in [5.74, 6) is 6.83. The average molecular weight is 363 g/mol. The number of amides is 1. The number of thioether (sulfide) groups is 1. The Kier molecular flexibility index (Phi) is 4.79. The zero-order valence-electron chi connectivity index (χ0n) is 13.7. The summed E-state index contributed by atoms with van der Waals surface area (Å²) < 4.78 is 11.5. The maximum atomic E-state index is 12.1. The number of aryl methyl sites for hydroxylation is 1. The van der Waals surface area contributed by atoms with Gasteiger partial charge in [-0.25, -0.2) is 0 Å². The molecule has 1 aliphatic rings. The number of hydrogen-bond donors (Lipinski definition) is 2. The maximum Gasteiger partial charge on any atom is 0.294 e. The van der Waals surface area contributed by atoms with E-state index in [9.17, 15) is 9.59 Å². The molecule has 1 amide bonds. The Morgan fingerprint density at radius 1 is 1.40 bits per heavy atom. The van der Waals surface area contributed by atoms with Crippen molar-refractivity contribution in [1.82, 2.24) is 20.2 Å². The minimum atomic E-state index is -0.438. The Balaban J connectivity index is 1.59. The lowest BCUT2D eigenvalue weighted by molar-refractivity contribution is -0.119. The highest BCUT2D eigenvalue weighted by atomic mass is 32.2. The molecule has 3 rings (SSSR count). The van der Waals surface area contributed by atoms with Crippen LogP contribution in [0.15, 0.2) is 28.2 Å². The van der Waals surface area contributed by atoms with E-state index in [0.717, 1.165) is 22.0 Å². The molecule has 0 bridgehead atoms. The first-order chi connectivity index (χ1) is 12.0. The molecule has 0 unspecified atom stereocenters. The summed E-state index contributed by atoms with van der Waals surface area (Å²) in [5.41, 5.74) is 0.660. The smallest absolute Gasteiger partial charge is 0.294 e. The number of nitrogens with two attached hydrogens (primary N) is 1. The molecular formula is C15H17N5O4S. The second-order valence-corrected chi connectivity index (χ2v) is 6.38. The zero-order valence-corrected chi connectivity index (χ0v) is 14.5. The summed E-state index contributed by atoms with van der Waals surface area (Å²) in [4.78, 5) is 23.8. The number of hydrogen-bond acceptors (Lipinski definition) is 8. The highest BCUT2D eigenvalue weighted by Crippen LogP contribution is 2.34. The summed E-state index contributed by atoms with van der Waals surface area (Å²) in [6, 6.07) is 5.30. The van der Waals surface area contributed by atoms with Gasteiger partial charge in [0.25, 0.3) is 5.56 Å². The van der Waals surface area contributed by atoms with Crippen molar-refractivity contribution < 1.29 is 14.3 Å². The third-order valence-electron chi connectivity index (χ3n) is 3.63. The third-order valence-corrected chi connectivity index (χ3v) is 4.57. The molecule has 1 aliphatic heterocycles. The van der Waals surface area contributed by atoms with Crippen molar-refractivity contribution in [2.45, 2.75) is 25.0 Å². The van der Waals surface area contributed by atoms with Gasteiger partial charge in [-0.05, 0) is 31.5 Å². The number of carbonyl (C=O) groups excluding carboxylic acids is 1. The van der Waals surface area contributed by atoms with Gasteiger partial charge in [0, 0.05) is 0 Å². The van der Waals surface area contributed by atoms with Crippen molar-refractivity contribution in [2.24, 2.45) is 0 Å². The number of nitrogens with zero attached hydrogens (tertiary/aromatic N) is 3. The number of nitrogen functional groups attached to an aromatic ring is 1. The molecule has 2 heterocycles. The zero-order chi connectivity index (χ0) is 18.0. The topological polar surface area (TPSA) is 121 Å². The molecule has 1 aromatic carbocycles. The van der Waals surface area contributed by atoms with Crippen molar-refractivity contribution in [3.8, 4) is 11.5 Å². The second kappa shape index (κ2) is 7.01. The number of ether oxygens (including phenoxy) is 2. The van der Waals surface area contributed by atoms with Gasteiger partial charge in [-0.2, -0.15) is 4.68 Å². The normalized spacial score (nSPS) is 13.5. The molecule has 25 heavy (non-hydrogen) atoms. The van der Waals surface area contributed by atoms with Gasteiger partial charge in [0.1, 0.15) is 5.69 Å². The highest BCUT2D eigenvalue weighted by molar-refractivity contribution is 7.99. The Bertz CT molecular complexity index is 869. The predicted octanol–water partition coefficient (Wildman–Crippen LogP) is 0.359. The SMILES string of the molecule is Cc1nnc(SCC(=O)N[C@@H](C)c2ccc3c(c2)OCO3)n(N)c1=O. The van der Waals surface area contributed by atoms with Gasteiger partial charge in [-0.1, -0.05) is 17.8 Å². The molecule has 2 aromatic rings. The van der Waals surface area contributed by atoms with Crippen LogP contribution < -0.4 is 26.2 Å². The van der Waals surface area contributed by atoms with Gasteiger partial charge in [-0.15, -0.1) is 10.2 Å². The molecule has 0 fully saturated rings. The van der Waals surface area contributed by atoms with E-state index in [1.54, 1.807) is 0 Å². The van der Waals surface area contributed by atoms with Gasteiger partial charge in [0.15, 0.2) is 11.5 Å². The first-order valence-corrected chi connectivity index (χ1v) is 8.47. The molecule has 0 spiro atoms. The molecule has 9 nitrogen and oxygen atoms in total. The summed E-state index contributed by atoms with van der Waals surface area (Å²) in [6.07, 6.45) is 0. The van der Waals surface area contributed by atoms with E-state index in [1.807, 2.05) is 25.1 Å². The average Bonchev–Trinajstić information content (AvgIpc) is 3.06. The van der Waals surface area contributed by atoms with Crippen LogP contribution in [-0.4, -0.2) is 33.3 Å². The fourth-order valence-corrected chi connectivity index (χ4v) is 2.91. The van der Waals surface area contributed by atoms with E-state index >= 15 is 0 Å². The van der Waals surface area contributed by atoms with Gasteiger partial charge >= 0.3 is 0 Å². The van der Waals surface area contributed by atoms with Crippen molar-refractivity contribution in [3.63, 3.8) is 0 Å². The molecular weight excluding hydrogens is 346 g/mol. The Labute approximate surface area is 147 Å². The Morgan fingerprint density at radius 3 is 2.96 bits per heavy atom. The molecule has 3 N–H and O–H groups in total. The molecule has 1 atom stereocenters. The molecule has 0 saturated carbocycles. The number of carbonyl (C=O) groups is 1. The maximum absolute atomic E-state index is 12.1. The molecule has 1 aromatic heterocycles. The van der Waals surface area contributed by atoms with E-state index in [0.29, 0.717) is 11.5 Å². The van der Waals surface area contributed by atoms with Gasteiger partial charge < -0.3 is 20.6 Å². The fraction of sp³-hybridized carbons (Fsp3) is 0.333. The van der Waals surface area contributed by atoms with Crippen LogP contribution in [0, 0.1) is 6.92 Å². The number of nitrogens with one attached hydrogen (secondary N) is 1. The van der Waals surface area contributed by atoms with Gasteiger partial charge in [0.2, 0.25) is 17.9 Å². The molecule has 0 radical (unpaired) electrons. The van der Waals surface area contributed by atoms with Crippen molar-refractivity contribution in [2.75, 3.05) is 18.4 Å². The molecule has 0 aliphatic carbocycles. The largest absolute Gasteiger partial charge is 0.454 e. The van der Waals surface area contributed by atoms with E-state index < -0.39 is 5.56 Å². The lowest BCUT2D eigenvalue weighted by Crippen LogP contribution is -2.33. The van der Waals surface area contributed by atoms with Crippen LogP contribution in [0.25, 0.3) is 0 Å². The molecule has 0 saturated heterocycles. The summed E-state index contributed by atoms with van der Waals surface area (Å²) in [6.45, 7) is 3.59. The second-order valence-electron chi connectivity index (χ2n) is 5.43. The van der Waals surface area contributed by atoms with Crippen LogP contribution in [0.5, 0.6) is 11.5 Å². The lowest BCUT2D eigenvalue weighted by Gasteiger charge is -2.15. The van der Waals surface area contributed by atoms with Crippen LogP contribution in [0.1, 0.15) is 24.2 Å². The van der Waals surface area contributed by atoms with Crippen molar-refractivity contribution in [1.29, 1.82) is 0 Å². The van der Waals surface area contributed by atoms with E-state index in [-0.39, 0.29) is 35.3 Å². The summed E-state index contributed by atoms with van der Waals surface area (Å²) in [5, 5.41) is 10.6. The minimum absolute atomic E-state index is 0.0588. The third kappa shape index (κ3) is 3.68. The van der Waals surface area contributed by atoms with Crippen LogP contribution in [0.2, 0.25) is 0 Å². The summed E-state index contributed by atoms with van der Waals surface area (Å²) in [7, 11) is 0. The first-order valence-electron chi connectivity index (χ1n) is 7.49. The Hall–Kier alpha value is -2.75.